The molecule has 0 radical (unpaired) electrons. The number of amides is 2. The van der Waals surface area contributed by atoms with Crippen LogP contribution in [-0.2, 0) is 9.59 Å². The zero-order valence-corrected chi connectivity index (χ0v) is 15.2. The van der Waals surface area contributed by atoms with Crippen molar-refractivity contribution >= 4 is 11.8 Å². The number of carbonyl (C=O) groups excluding carboxylic acids is 2. The van der Waals surface area contributed by atoms with Crippen molar-refractivity contribution in [2.24, 2.45) is 11.8 Å². The SMILES string of the molecule is CC(C)C(=O)N1CCN(C(C)C(=O)NC2CCCCC2C)CC1. The summed E-state index contributed by atoms with van der Waals surface area (Å²) >= 11 is 0. The van der Waals surface area contributed by atoms with Gasteiger partial charge in [-0.3, -0.25) is 14.5 Å². The van der Waals surface area contributed by atoms with Crippen LogP contribution in [0.3, 0.4) is 0 Å². The number of hydrogen-bond acceptors (Lipinski definition) is 3. The van der Waals surface area contributed by atoms with Crippen LogP contribution in [0.15, 0.2) is 0 Å². The van der Waals surface area contributed by atoms with Gasteiger partial charge in [-0.05, 0) is 25.7 Å². The lowest BCUT2D eigenvalue weighted by atomic mass is 9.86. The van der Waals surface area contributed by atoms with Crippen molar-refractivity contribution in [2.45, 2.75) is 65.5 Å². The van der Waals surface area contributed by atoms with Crippen LogP contribution in [0.5, 0.6) is 0 Å². The van der Waals surface area contributed by atoms with Gasteiger partial charge in [0.05, 0.1) is 6.04 Å². The highest BCUT2D eigenvalue weighted by molar-refractivity contribution is 5.82. The fraction of sp³-hybridized carbons (Fsp3) is 0.889. The van der Waals surface area contributed by atoms with Crippen molar-refractivity contribution in [3.05, 3.63) is 0 Å². The first-order chi connectivity index (χ1) is 10.9. The summed E-state index contributed by atoms with van der Waals surface area (Å²) in [5.74, 6) is 1.00. The number of nitrogens with one attached hydrogen (secondary N) is 1. The fourth-order valence-corrected chi connectivity index (χ4v) is 3.69. The van der Waals surface area contributed by atoms with E-state index < -0.39 is 0 Å². The topological polar surface area (TPSA) is 52.7 Å². The molecule has 3 atom stereocenters. The van der Waals surface area contributed by atoms with E-state index in [1.807, 2.05) is 25.7 Å². The molecule has 1 aliphatic carbocycles. The molecule has 0 aromatic rings. The summed E-state index contributed by atoms with van der Waals surface area (Å²) < 4.78 is 0. The molecular formula is C18H33N3O2. The van der Waals surface area contributed by atoms with E-state index in [2.05, 4.69) is 17.1 Å². The highest BCUT2D eigenvalue weighted by Crippen LogP contribution is 2.24. The summed E-state index contributed by atoms with van der Waals surface area (Å²) in [4.78, 5) is 28.7. The molecule has 1 saturated heterocycles. The minimum Gasteiger partial charge on any atom is -0.352 e. The third-order valence-corrected chi connectivity index (χ3v) is 5.49. The molecule has 2 aliphatic rings. The Morgan fingerprint density at radius 2 is 1.61 bits per heavy atom. The summed E-state index contributed by atoms with van der Waals surface area (Å²) in [5, 5.41) is 3.26. The quantitative estimate of drug-likeness (QED) is 0.859. The second-order valence-corrected chi connectivity index (χ2v) is 7.57. The Morgan fingerprint density at radius 3 is 2.17 bits per heavy atom. The lowest BCUT2D eigenvalue weighted by Gasteiger charge is -2.39. The van der Waals surface area contributed by atoms with Gasteiger partial charge in [-0.2, -0.15) is 0 Å². The van der Waals surface area contributed by atoms with Crippen molar-refractivity contribution in [2.75, 3.05) is 26.2 Å². The molecule has 5 nitrogen and oxygen atoms in total. The Bertz CT molecular complexity index is 416. The maximum atomic E-state index is 12.5. The van der Waals surface area contributed by atoms with E-state index in [4.69, 9.17) is 0 Å². The van der Waals surface area contributed by atoms with E-state index in [-0.39, 0.29) is 23.8 Å². The number of carbonyl (C=O) groups is 2. The molecule has 23 heavy (non-hydrogen) atoms. The molecule has 5 heteroatoms. The van der Waals surface area contributed by atoms with Gasteiger partial charge < -0.3 is 10.2 Å². The molecular weight excluding hydrogens is 290 g/mol. The fourth-order valence-electron chi connectivity index (χ4n) is 3.69. The molecule has 0 aromatic heterocycles. The van der Waals surface area contributed by atoms with Gasteiger partial charge in [-0.15, -0.1) is 0 Å². The van der Waals surface area contributed by atoms with Crippen molar-refractivity contribution in [1.29, 1.82) is 0 Å². The third kappa shape index (κ3) is 4.69. The normalized spacial score (nSPS) is 27.8. The summed E-state index contributed by atoms with van der Waals surface area (Å²) in [5.41, 5.74) is 0. The van der Waals surface area contributed by atoms with Gasteiger partial charge in [-0.1, -0.05) is 33.6 Å². The summed E-state index contributed by atoms with van der Waals surface area (Å²) in [6.45, 7) is 11.1. The molecule has 1 N–H and O–H groups in total. The Balaban J connectivity index is 1.80. The molecule has 1 saturated carbocycles. The maximum Gasteiger partial charge on any atom is 0.237 e. The summed E-state index contributed by atoms with van der Waals surface area (Å²) in [7, 11) is 0. The smallest absolute Gasteiger partial charge is 0.237 e. The monoisotopic (exact) mass is 323 g/mol. The second kappa shape index (κ2) is 8.13. The number of piperazine rings is 1. The Kier molecular flexibility index (Phi) is 6.45. The lowest BCUT2D eigenvalue weighted by molar-refractivity contribution is -0.137. The van der Waals surface area contributed by atoms with E-state index in [0.29, 0.717) is 12.0 Å². The molecule has 2 fully saturated rings. The van der Waals surface area contributed by atoms with Crippen LogP contribution in [0, 0.1) is 11.8 Å². The Hall–Kier alpha value is -1.10. The zero-order chi connectivity index (χ0) is 17.0. The molecule has 0 bridgehead atoms. The maximum absolute atomic E-state index is 12.5. The molecule has 2 rings (SSSR count). The first-order valence-corrected chi connectivity index (χ1v) is 9.23. The third-order valence-electron chi connectivity index (χ3n) is 5.49. The minimum atomic E-state index is -0.111. The predicted molar refractivity (Wildman–Crippen MR) is 92.0 cm³/mol. The molecule has 0 aromatic carbocycles. The lowest BCUT2D eigenvalue weighted by Crippen LogP contribution is -2.57. The average molecular weight is 323 g/mol. The molecule has 2 amide bonds. The van der Waals surface area contributed by atoms with Gasteiger partial charge >= 0.3 is 0 Å². The van der Waals surface area contributed by atoms with Gasteiger partial charge in [0.25, 0.3) is 0 Å². The zero-order valence-electron chi connectivity index (χ0n) is 15.2. The van der Waals surface area contributed by atoms with Crippen LogP contribution >= 0.6 is 0 Å². The van der Waals surface area contributed by atoms with E-state index >= 15 is 0 Å². The average Bonchev–Trinajstić information content (AvgIpc) is 2.55. The summed E-state index contributed by atoms with van der Waals surface area (Å²) in [6, 6.07) is 0.225. The van der Waals surface area contributed by atoms with Gasteiger partial charge in [-0.25, -0.2) is 0 Å². The van der Waals surface area contributed by atoms with Crippen molar-refractivity contribution in [3.63, 3.8) is 0 Å². The number of rotatable bonds is 4. The van der Waals surface area contributed by atoms with Crippen LogP contribution < -0.4 is 5.32 Å². The Labute approximate surface area is 140 Å². The van der Waals surface area contributed by atoms with Crippen molar-refractivity contribution < 1.29 is 9.59 Å². The number of hydrogen-bond donors (Lipinski definition) is 1. The van der Waals surface area contributed by atoms with E-state index in [1.54, 1.807) is 0 Å². The molecule has 0 spiro atoms. The first kappa shape index (κ1) is 18.2. The van der Waals surface area contributed by atoms with E-state index in [0.717, 1.165) is 32.6 Å². The first-order valence-electron chi connectivity index (χ1n) is 9.23. The predicted octanol–water partition coefficient (Wildman–Crippen LogP) is 1.87. The standard InChI is InChI=1S/C18H33N3O2/c1-13(2)18(23)21-11-9-20(10-12-21)15(4)17(22)19-16-8-6-5-7-14(16)3/h13-16H,5-12H2,1-4H3,(H,19,22). The highest BCUT2D eigenvalue weighted by Gasteiger charge is 2.30. The van der Waals surface area contributed by atoms with Gasteiger partial charge in [0.2, 0.25) is 11.8 Å². The van der Waals surface area contributed by atoms with Crippen LogP contribution in [-0.4, -0.2) is 59.9 Å². The molecule has 132 valence electrons. The molecule has 1 aliphatic heterocycles. The van der Waals surface area contributed by atoms with Crippen molar-refractivity contribution in [1.82, 2.24) is 15.1 Å². The van der Waals surface area contributed by atoms with Crippen molar-refractivity contribution in [3.8, 4) is 0 Å². The largest absolute Gasteiger partial charge is 0.352 e. The van der Waals surface area contributed by atoms with Crippen LogP contribution in [0.25, 0.3) is 0 Å². The van der Waals surface area contributed by atoms with Crippen LogP contribution in [0.4, 0.5) is 0 Å². The Morgan fingerprint density at radius 1 is 1.00 bits per heavy atom. The summed E-state index contributed by atoms with van der Waals surface area (Å²) in [6.07, 6.45) is 4.83. The van der Waals surface area contributed by atoms with Gasteiger partial charge in [0.1, 0.15) is 0 Å². The highest BCUT2D eigenvalue weighted by atomic mass is 16.2. The number of nitrogens with zero attached hydrogens (tertiary/aromatic N) is 2. The van der Waals surface area contributed by atoms with Gasteiger partial charge in [0, 0.05) is 38.1 Å². The van der Waals surface area contributed by atoms with Crippen LogP contribution in [0.1, 0.15) is 53.4 Å². The molecule has 3 unspecified atom stereocenters. The van der Waals surface area contributed by atoms with E-state index in [9.17, 15) is 9.59 Å². The van der Waals surface area contributed by atoms with E-state index in [1.165, 1.54) is 19.3 Å². The second-order valence-electron chi connectivity index (χ2n) is 7.57. The molecule has 1 heterocycles. The minimum absolute atomic E-state index is 0.0510. The van der Waals surface area contributed by atoms with Crippen LogP contribution in [0.2, 0.25) is 0 Å². The van der Waals surface area contributed by atoms with Gasteiger partial charge in [0.15, 0.2) is 0 Å².